The number of amides is 1. The third kappa shape index (κ3) is 3.80. The van der Waals surface area contributed by atoms with Crippen molar-refractivity contribution in [3.8, 4) is 17.3 Å². The molecule has 4 aromatic rings. The van der Waals surface area contributed by atoms with E-state index in [0.29, 0.717) is 43.1 Å². The van der Waals surface area contributed by atoms with Crippen LogP contribution in [-0.4, -0.2) is 69.9 Å². The van der Waals surface area contributed by atoms with Crippen molar-refractivity contribution < 1.29 is 14.3 Å². The van der Waals surface area contributed by atoms with E-state index < -0.39 is 0 Å². The number of benzene rings is 1. The van der Waals surface area contributed by atoms with E-state index in [0.717, 1.165) is 40.9 Å². The third-order valence-electron chi connectivity index (χ3n) is 6.55. The van der Waals surface area contributed by atoms with Gasteiger partial charge in [0.1, 0.15) is 16.9 Å². The van der Waals surface area contributed by atoms with Crippen LogP contribution < -0.4 is 10.5 Å². The van der Waals surface area contributed by atoms with Crippen LogP contribution in [0.2, 0.25) is 0 Å². The Morgan fingerprint density at radius 2 is 2.12 bits per heavy atom. The highest BCUT2D eigenvalue weighted by Crippen LogP contribution is 2.34. The standard InChI is InChI=1S/C25H30N6O3/c1-29-22-19(12-17(14-21(22)34-3)25(32)30-9-5-7-18(26)15-30)28-24(29)20-13-16-6-4-8-27-23(16)31(20)10-11-33-2/h4,6,8,12-14,18H,5,7,9-11,15,26H2,1-3H3/t18-/m1/s1. The molecular weight excluding hydrogens is 432 g/mol. The number of ether oxygens (including phenoxy) is 2. The van der Waals surface area contributed by atoms with Crippen molar-refractivity contribution in [3.63, 3.8) is 0 Å². The third-order valence-corrected chi connectivity index (χ3v) is 6.55. The highest BCUT2D eigenvalue weighted by Gasteiger charge is 2.25. The van der Waals surface area contributed by atoms with E-state index in [1.54, 1.807) is 26.5 Å². The number of methoxy groups -OCH3 is 2. The van der Waals surface area contributed by atoms with Crippen molar-refractivity contribution in [1.29, 1.82) is 0 Å². The van der Waals surface area contributed by atoms with Crippen LogP contribution in [0.25, 0.3) is 33.6 Å². The van der Waals surface area contributed by atoms with Gasteiger partial charge in [-0.1, -0.05) is 0 Å². The van der Waals surface area contributed by atoms with Crippen molar-refractivity contribution >= 4 is 28.0 Å². The quantitative estimate of drug-likeness (QED) is 0.473. The number of imidazole rings is 1. The Kier molecular flexibility index (Phi) is 5.97. The zero-order valence-corrected chi connectivity index (χ0v) is 19.8. The van der Waals surface area contributed by atoms with Gasteiger partial charge in [0.25, 0.3) is 5.91 Å². The van der Waals surface area contributed by atoms with Crippen molar-refractivity contribution in [2.24, 2.45) is 12.8 Å². The summed E-state index contributed by atoms with van der Waals surface area (Å²) in [6.45, 7) is 2.48. The van der Waals surface area contributed by atoms with Crippen LogP contribution in [0.3, 0.4) is 0 Å². The van der Waals surface area contributed by atoms with Crippen molar-refractivity contribution in [2.75, 3.05) is 33.9 Å². The number of aryl methyl sites for hydroxylation is 1. The summed E-state index contributed by atoms with van der Waals surface area (Å²) in [6.07, 6.45) is 3.65. The molecule has 0 radical (unpaired) electrons. The van der Waals surface area contributed by atoms with Gasteiger partial charge in [0.05, 0.1) is 24.9 Å². The molecule has 0 aliphatic carbocycles. The maximum Gasteiger partial charge on any atom is 0.254 e. The second-order valence-corrected chi connectivity index (χ2v) is 8.78. The number of hydrogen-bond acceptors (Lipinski definition) is 6. The summed E-state index contributed by atoms with van der Waals surface area (Å²) < 4.78 is 15.2. The molecule has 1 aromatic carbocycles. The lowest BCUT2D eigenvalue weighted by Crippen LogP contribution is -2.45. The molecule has 9 heteroatoms. The number of nitrogens with zero attached hydrogens (tertiary/aromatic N) is 5. The molecule has 9 nitrogen and oxygen atoms in total. The molecule has 1 saturated heterocycles. The fourth-order valence-corrected chi connectivity index (χ4v) is 4.88. The summed E-state index contributed by atoms with van der Waals surface area (Å²) in [4.78, 5) is 24.6. The molecule has 2 N–H and O–H groups in total. The Hall–Kier alpha value is -3.43. The molecule has 34 heavy (non-hydrogen) atoms. The summed E-state index contributed by atoms with van der Waals surface area (Å²) in [5.41, 5.74) is 10.0. The summed E-state index contributed by atoms with van der Waals surface area (Å²) in [6, 6.07) is 9.73. The number of aromatic nitrogens is 4. The SMILES string of the molecule is COCCn1c(-c2nc3cc(C(=O)N4CCC[C@@H](N)C4)cc(OC)c3n2C)cc2cccnc21. The largest absolute Gasteiger partial charge is 0.494 e. The first-order valence-corrected chi connectivity index (χ1v) is 11.5. The van der Waals surface area contributed by atoms with Gasteiger partial charge < -0.3 is 29.2 Å². The topological polar surface area (TPSA) is 100 Å². The zero-order chi connectivity index (χ0) is 23.8. The average Bonchev–Trinajstić information content (AvgIpc) is 3.38. The number of carbonyl (C=O) groups excluding carboxylic acids is 1. The van der Waals surface area contributed by atoms with Gasteiger partial charge in [-0.05, 0) is 43.2 Å². The lowest BCUT2D eigenvalue weighted by molar-refractivity contribution is 0.0708. The molecule has 5 rings (SSSR count). The van der Waals surface area contributed by atoms with Crippen LogP contribution in [0.5, 0.6) is 5.75 Å². The van der Waals surface area contributed by atoms with E-state index in [2.05, 4.69) is 15.6 Å². The fourth-order valence-electron chi connectivity index (χ4n) is 4.88. The molecule has 4 heterocycles. The highest BCUT2D eigenvalue weighted by atomic mass is 16.5. The highest BCUT2D eigenvalue weighted by molar-refractivity contribution is 6.00. The maximum absolute atomic E-state index is 13.3. The Balaban J connectivity index is 1.63. The first-order chi connectivity index (χ1) is 16.5. The minimum Gasteiger partial charge on any atom is -0.494 e. The molecule has 0 spiro atoms. The van der Waals surface area contributed by atoms with Gasteiger partial charge in [-0.15, -0.1) is 0 Å². The Morgan fingerprint density at radius 3 is 2.88 bits per heavy atom. The zero-order valence-electron chi connectivity index (χ0n) is 19.8. The molecule has 1 atom stereocenters. The first kappa shape index (κ1) is 22.4. The normalized spacial score (nSPS) is 16.5. The van der Waals surface area contributed by atoms with E-state index in [-0.39, 0.29) is 11.9 Å². The van der Waals surface area contributed by atoms with Gasteiger partial charge >= 0.3 is 0 Å². The Morgan fingerprint density at radius 1 is 1.26 bits per heavy atom. The molecule has 0 saturated carbocycles. The van der Waals surface area contributed by atoms with Gasteiger partial charge in [0.2, 0.25) is 0 Å². The average molecular weight is 463 g/mol. The van der Waals surface area contributed by atoms with Crippen LogP contribution in [0.4, 0.5) is 0 Å². The molecule has 1 aliphatic rings. The molecular formula is C25H30N6O3. The van der Waals surface area contributed by atoms with E-state index in [1.165, 1.54) is 0 Å². The Labute approximate surface area is 198 Å². The van der Waals surface area contributed by atoms with E-state index >= 15 is 0 Å². The number of piperidine rings is 1. The maximum atomic E-state index is 13.3. The van der Waals surface area contributed by atoms with Gasteiger partial charge in [0.15, 0.2) is 5.82 Å². The van der Waals surface area contributed by atoms with Gasteiger partial charge in [-0.2, -0.15) is 0 Å². The van der Waals surface area contributed by atoms with Gasteiger partial charge in [0, 0.05) is 57.0 Å². The number of carbonyl (C=O) groups is 1. The second-order valence-electron chi connectivity index (χ2n) is 8.78. The monoisotopic (exact) mass is 462 g/mol. The number of rotatable bonds is 6. The van der Waals surface area contributed by atoms with Crippen LogP contribution in [0.1, 0.15) is 23.2 Å². The molecule has 1 aliphatic heterocycles. The summed E-state index contributed by atoms with van der Waals surface area (Å²) in [5.74, 6) is 1.34. The van der Waals surface area contributed by atoms with Crippen molar-refractivity contribution in [3.05, 3.63) is 42.1 Å². The van der Waals surface area contributed by atoms with Crippen LogP contribution in [-0.2, 0) is 18.3 Å². The molecule has 178 valence electrons. The van der Waals surface area contributed by atoms with E-state index in [4.69, 9.17) is 20.2 Å². The number of likely N-dealkylation sites (tertiary alicyclic amines) is 1. The minimum absolute atomic E-state index is 0.0207. The fraction of sp³-hybridized carbons (Fsp3) is 0.400. The second kappa shape index (κ2) is 9.08. The first-order valence-electron chi connectivity index (χ1n) is 11.5. The van der Waals surface area contributed by atoms with Crippen LogP contribution >= 0.6 is 0 Å². The summed E-state index contributed by atoms with van der Waals surface area (Å²) >= 11 is 0. The lowest BCUT2D eigenvalue weighted by atomic mass is 10.0. The Bertz CT molecular complexity index is 1360. The molecule has 0 unspecified atom stereocenters. The smallest absolute Gasteiger partial charge is 0.254 e. The lowest BCUT2D eigenvalue weighted by Gasteiger charge is -2.30. The van der Waals surface area contributed by atoms with Crippen LogP contribution in [0.15, 0.2) is 36.5 Å². The predicted octanol–water partition coefficient (Wildman–Crippen LogP) is 2.81. The van der Waals surface area contributed by atoms with Crippen molar-refractivity contribution in [2.45, 2.75) is 25.4 Å². The molecule has 1 fully saturated rings. The van der Waals surface area contributed by atoms with E-state index in [9.17, 15) is 4.79 Å². The van der Waals surface area contributed by atoms with Crippen molar-refractivity contribution in [1.82, 2.24) is 24.0 Å². The van der Waals surface area contributed by atoms with Gasteiger partial charge in [-0.25, -0.2) is 9.97 Å². The molecule has 3 aromatic heterocycles. The minimum atomic E-state index is -0.0408. The number of hydrogen-bond donors (Lipinski definition) is 1. The number of fused-ring (bicyclic) bond motifs is 2. The molecule has 0 bridgehead atoms. The molecule has 1 amide bonds. The summed E-state index contributed by atoms with van der Waals surface area (Å²) in [5, 5.41) is 1.03. The van der Waals surface area contributed by atoms with Gasteiger partial charge in [-0.3, -0.25) is 4.79 Å². The van der Waals surface area contributed by atoms with E-state index in [1.807, 2.05) is 34.7 Å². The summed E-state index contributed by atoms with van der Waals surface area (Å²) in [7, 11) is 5.27. The van der Waals surface area contributed by atoms with Crippen LogP contribution in [0, 0.1) is 0 Å². The number of nitrogens with two attached hydrogens (primary N) is 1. The number of pyridine rings is 1. The predicted molar refractivity (Wildman–Crippen MR) is 131 cm³/mol.